The van der Waals surface area contributed by atoms with Crippen LogP contribution in [0.15, 0.2) is 30.3 Å². The second-order valence-corrected chi connectivity index (χ2v) is 7.87. The molecule has 0 saturated heterocycles. The number of rotatable bonds is 7. The van der Waals surface area contributed by atoms with Gasteiger partial charge in [-0.05, 0) is 31.4 Å². The molecular formula is C14H20N2O2S2. The van der Waals surface area contributed by atoms with E-state index in [4.69, 9.17) is 0 Å². The average molecular weight is 312 g/mol. The maximum absolute atomic E-state index is 11.3. The number of hydrogen-bond donors (Lipinski definition) is 2. The van der Waals surface area contributed by atoms with Crippen molar-refractivity contribution in [2.75, 3.05) is 18.8 Å². The van der Waals surface area contributed by atoms with Crippen molar-refractivity contribution in [3.05, 3.63) is 35.2 Å². The summed E-state index contributed by atoms with van der Waals surface area (Å²) < 4.78 is 26.4. The maximum Gasteiger partial charge on any atom is 0.211 e. The van der Waals surface area contributed by atoms with Gasteiger partial charge in [-0.25, -0.2) is 13.1 Å². The van der Waals surface area contributed by atoms with Gasteiger partial charge in [-0.1, -0.05) is 18.2 Å². The first-order valence-electron chi connectivity index (χ1n) is 6.71. The van der Waals surface area contributed by atoms with Crippen LogP contribution in [0.2, 0.25) is 0 Å². The van der Waals surface area contributed by atoms with E-state index in [9.17, 15) is 8.42 Å². The Morgan fingerprint density at radius 2 is 2.00 bits per heavy atom. The smallest absolute Gasteiger partial charge is 0.211 e. The molecule has 0 bridgehead atoms. The van der Waals surface area contributed by atoms with Gasteiger partial charge in [-0.15, -0.1) is 11.3 Å². The number of thiophene rings is 1. The number of benzene rings is 1. The van der Waals surface area contributed by atoms with E-state index in [0.717, 1.165) is 0 Å². The van der Waals surface area contributed by atoms with Crippen LogP contribution in [-0.4, -0.2) is 27.3 Å². The lowest BCUT2D eigenvalue weighted by Gasteiger charge is -2.12. The second kappa shape index (κ2) is 6.67. The van der Waals surface area contributed by atoms with Gasteiger partial charge >= 0.3 is 0 Å². The van der Waals surface area contributed by atoms with Crippen LogP contribution >= 0.6 is 11.3 Å². The molecule has 20 heavy (non-hydrogen) atoms. The molecular weight excluding hydrogens is 292 g/mol. The minimum absolute atomic E-state index is 0.124. The lowest BCUT2D eigenvalue weighted by molar-refractivity contribution is 0.558. The highest BCUT2D eigenvalue weighted by molar-refractivity contribution is 7.89. The normalized spacial score (nSPS) is 13.7. The van der Waals surface area contributed by atoms with Crippen molar-refractivity contribution in [1.29, 1.82) is 0 Å². The highest BCUT2D eigenvalue weighted by atomic mass is 32.2. The predicted molar refractivity (Wildman–Crippen MR) is 85.7 cm³/mol. The minimum Gasteiger partial charge on any atom is -0.308 e. The predicted octanol–water partition coefficient (Wildman–Crippen LogP) is 2.49. The molecule has 0 aliphatic rings. The third kappa shape index (κ3) is 4.02. The molecule has 0 aliphatic heterocycles. The minimum atomic E-state index is -3.09. The highest BCUT2D eigenvalue weighted by Crippen LogP contribution is 2.29. The Morgan fingerprint density at radius 3 is 2.70 bits per heavy atom. The number of nitrogens with one attached hydrogen (secondary N) is 2. The number of sulfonamides is 1. The van der Waals surface area contributed by atoms with E-state index in [2.05, 4.69) is 35.2 Å². The zero-order chi connectivity index (χ0) is 14.6. The molecule has 0 saturated carbocycles. The molecule has 110 valence electrons. The average Bonchev–Trinajstić information content (AvgIpc) is 2.87. The molecule has 1 aromatic heterocycles. The van der Waals surface area contributed by atoms with Crippen molar-refractivity contribution in [2.24, 2.45) is 0 Å². The van der Waals surface area contributed by atoms with Crippen LogP contribution in [0.4, 0.5) is 0 Å². The topological polar surface area (TPSA) is 58.2 Å². The van der Waals surface area contributed by atoms with Crippen molar-refractivity contribution in [3.63, 3.8) is 0 Å². The molecule has 2 rings (SSSR count). The standard InChI is InChI=1S/C14H20N2O2S2/c1-3-20(17,18)16-9-8-15-11(2)14-10-12-6-4-5-7-13(12)19-14/h4-7,10-11,15-16H,3,8-9H2,1-2H3. The van der Waals surface area contributed by atoms with Crippen LogP contribution in [0.25, 0.3) is 10.1 Å². The molecule has 0 fully saturated rings. The molecule has 2 aromatic rings. The van der Waals surface area contributed by atoms with Crippen LogP contribution < -0.4 is 10.0 Å². The van der Waals surface area contributed by atoms with E-state index in [1.807, 2.05) is 12.1 Å². The summed E-state index contributed by atoms with van der Waals surface area (Å²) in [6, 6.07) is 10.7. The molecule has 1 unspecified atom stereocenters. The third-order valence-corrected chi connectivity index (χ3v) is 5.85. The first-order chi connectivity index (χ1) is 9.52. The van der Waals surface area contributed by atoms with Crippen LogP contribution in [0.1, 0.15) is 24.8 Å². The van der Waals surface area contributed by atoms with Crippen LogP contribution in [0.5, 0.6) is 0 Å². The Labute approximate surface area is 124 Å². The molecule has 1 heterocycles. The van der Waals surface area contributed by atoms with E-state index >= 15 is 0 Å². The van der Waals surface area contributed by atoms with Gasteiger partial charge in [0.05, 0.1) is 5.75 Å². The first-order valence-corrected chi connectivity index (χ1v) is 9.18. The summed E-state index contributed by atoms with van der Waals surface area (Å²) in [5.74, 6) is 0.124. The van der Waals surface area contributed by atoms with E-state index in [-0.39, 0.29) is 11.8 Å². The summed E-state index contributed by atoms with van der Waals surface area (Å²) in [6.45, 7) is 4.77. The summed E-state index contributed by atoms with van der Waals surface area (Å²) in [5.41, 5.74) is 0. The van der Waals surface area contributed by atoms with Crippen molar-refractivity contribution in [1.82, 2.24) is 10.0 Å². The highest BCUT2D eigenvalue weighted by Gasteiger charge is 2.09. The number of fused-ring (bicyclic) bond motifs is 1. The molecule has 0 aliphatic carbocycles. The summed E-state index contributed by atoms with van der Waals surface area (Å²) in [4.78, 5) is 1.27. The molecule has 0 amide bonds. The van der Waals surface area contributed by atoms with E-state index < -0.39 is 10.0 Å². The zero-order valence-corrected chi connectivity index (χ0v) is 13.4. The zero-order valence-electron chi connectivity index (χ0n) is 11.7. The Hall–Kier alpha value is -0.950. The summed E-state index contributed by atoms with van der Waals surface area (Å²) in [7, 11) is -3.09. The quantitative estimate of drug-likeness (QED) is 0.772. The Balaban J connectivity index is 1.87. The lowest BCUT2D eigenvalue weighted by atomic mass is 10.2. The summed E-state index contributed by atoms with van der Waals surface area (Å²) in [6.07, 6.45) is 0. The molecule has 2 N–H and O–H groups in total. The lowest BCUT2D eigenvalue weighted by Crippen LogP contribution is -2.33. The molecule has 0 radical (unpaired) electrons. The van der Waals surface area contributed by atoms with Gasteiger partial charge in [-0.2, -0.15) is 0 Å². The molecule has 1 atom stereocenters. The molecule has 4 nitrogen and oxygen atoms in total. The van der Waals surface area contributed by atoms with Gasteiger partial charge in [0.15, 0.2) is 0 Å². The van der Waals surface area contributed by atoms with Crippen LogP contribution in [0.3, 0.4) is 0 Å². The van der Waals surface area contributed by atoms with Crippen molar-refractivity contribution in [2.45, 2.75) is 19.9 Å². The molecule has 6 heteroatoms. The Bertz CT molecular complexity index is 632. The van der Waals surface area contributed by atoms with E-state index in [1.54, 1.807) is 18.3 Å². The maximum atomic E-state index is 11.3. The van der Waals surface area contributed by atoms with Gasteiger partial charge < -0.3 is 5.32 Å². The van der Waals surface area contributed by atoms with Gasteiger partial charge in [0.1, 0.15) is 0 Å². The summed E-state index contributed by atoms with van der Waals surface area (Å²) in [5, 5.41) is 4.60. The summed E-state index contributed by atoms with van der Waals surface area (Å²) >= 11 is 1.77. The Morgan fingerprint density at radius 1 is 1.25 bits per heavy atom. The van der Waals surface area contributed by atoms with Crippen molar-refractivity contribution in [3.8, 4) is 0 Å². The van der Waals surface area contributed by atoms with Gasteiger partial charge in [-0.3, -0.25) is 0 Å². The monoisotopic (exact) mass is 312 g/mol. The SMILES string of the molecule is CCS(=O)(=O)NCCNC(C)c1cc2ccccc2s1. The largest absolute Gasteiger partial charge is 0.308 e. The van der Waals surface area contributed by atoms with Crippen LogP contribution in [-0.2, 0) is 10.0 Å². The van der Waals surface area contributed by atoms with E-state index in [0.29, 0.717) is 13.1 Å². The second-order valence-electron chi connectivity index (χ2n) is 4.66. The first kappa shape index (κ1) is 15.4. The molecule has 0 spiro atoms. The van der Waals surface area contributed by atoms with Crippen molar-refractivity contribution < 1.29 is 8.42 Å². The fourth-order valence-corrected chi connectivity index (χ4v) is 3.62. The van der Waals surface area contributed by atoms with Gasteiger partial charge in [0, 0.05) is 28.7 Å². The third-order valence-electron chi connectivity index (χ3n) is 3.15. The van der Waals surface area contributed by atoms with Gasteiger partial charge in [0.25, 0.3) is 0 Å². The Kier molecular flexibility index (Phi) is 5.15. The molecule has 1 aromatic carbocycles. The van der Waals surface area contributed by atoms with E-state index in [1.165, 1.54) is 15.0 Å². The van der Waals surface area contributed by atoms with Crippen LogP contribution in [0, 0.1) is 0 Å². The van der Waals surface area contributed by atoms with Crippen molar-refractivity contribution >= 4 is 31.4 Å². The fourth-order valence-electron chi connectivity index (χ4n) is 1.91. The fraction of sp³-hybridized carbons (Fsp3) is 0.429. The number of hydrogen-bond acceptors (Lipinski definition) is 4. The van der Waals surface area contributed by atoms with Gasteiger partial charge in [0.2, 0.25) is 10.0 Å².